The van der Waals surface area contributed by atoms with Gasteiger partial charge in [0, 0.05) is 0 Å². The summed E-state index contributed by atoms with van der Waals surface area (Å²) < 4.78 is 97.6. The van der Waals surface area contributed by atoms with Crippen molar-refractivity contribution in [2.75, 3.05) is 4.72 Å². The largest absolute Gasteiger partial charge is 0.456 e. The lowest BCUT2D eigenvalue weighted by molar-refractivity contribution is -0.313. The predicted octanol–water partition coefficient (Wildman–Crippen LogP) is 6.55. The van der Waals surface area contributed by atoms with Crippen LogP contribution >= 0.6 is 0 Å². The van der Waals surface area contributed by atoms with Gasteiger partial charge >= 0.3 is 22.4 Å². The summed E-state index contributed by atoms with van der Waals surface area (Å²) in [7, 11) is -4.40. The van der Waals surface area contributed by atoms with Gasteiger partial charge < -0.3 is 10.2 Å². The van der Waals surface area contributed by atoms with Gasteiger partial charge in [-0.2, -0.15) is 30.4 Å². The molecule has 0 saturated heterocycles. The summed E-state index contributed by atoms with van der Waals surface area (Å²) in [4.78, 5) is 0. The Hall–Kier alpha value is -1.76. The highest BCUT2D eigenvalue weighted by atomic mass is 32.2. The zero-order valence-corrected chi connectivity index (χ0v) is 23.2. The molecule has 1 aromatic rings. The molecule has 40 heavy (non-hydrogen) atoms. The molecule has 4 N–H and O–H groups in total. The third-order valence-corrected chi connectivity index (χ3v) is 10.2. The van der Waals surface area contributed by atoms with E-state index < -0.39 is 41.0 Å². The Kier molecular flexibility index (Phi) is 8.69. The van der Waals surface area contributed by atoms with Crippen LogP contribution in [0.5, 0.6) is 0 Å². The number of alkyl halides is 5. The summed E-state index contributed by atoms with van der Waals surface area (Å²) in [5, 5.41) is 20.2. The van der Waals surface area contributed by atoms with Crippen molar-refractivity contribution in [3.05, 3.63) is 41.5 Å². The molecule has 1 aromatic carbocycles. The molecule has 6 atom stereocenters. The van der Waals surface area contributed by atoms with Crippen LogP contribution in [0, 0.1) is 16.7 Å². The van der Waals surface area contributed by atoms with E-state index in [1.165, 1.54) is 0 Å². The minimum Gasteiger partial charge on any atom is -0.393 e. The molecular formula is C28H38F5NO5S. The number of hydrogen-bond donors (Lipinski definition) is 4. The number of fused-ring (bicyclic) bond motifs is 5. The molecule has 2 saturated carbocycles. The van der Waals surface area contributed by atoms with E-state index in [-0.39, 0.29) is 29.1 Å². The number of aryl methyl sites for hydroxylation is 1. The number of hydrogen-bond acceptors (Lipinski definition) is 4. The number of benzene rings is 1. The van der Waals surface area contributed by atoms with E-state index in [1.807, 2.05) is 6.07 Å². The summed E-state index contributed by atoms with van der Waals surface area (Å²) in [6.07, 6.45) is 1.14. The van der Waals surface area contributed by atoms with E-state index in [1.54, 1.807) is 12.1 Å². The first-order valence-corrected chi connectivity index (χ1v) is 15.3. The average Bonchev–Trinajstić information content (AvgIpc) is 3.16. The van der Waals surface area contributed by atoms with Crippen LogP contribution in [-0.2, 0) is 16.7 Å². The van der Waals surface area contributed by atoms with Gasteiger partial charge in [0.15, 0.2) is 0 Å². The average molecular weight is 596 g/mol. The second-order valence-electron chi connectivity index (χ2n) is 12.0. The number of halogens is 5. The van der Waals surface area contributed by atoms with Crippen LogP contribution < -0.4 is 4.72 Å². The van der Waals surface area contributed by atoms with Gasteiger partial charge in [0.2, 0.25) is 0 Å². The monoisotopic (exact) mass is 595 g/mol. The molecule has 3 aliphatic rings. The molecule has 226 valence electrons. The maximum absolute atomic E-state index is 13.2. The zero-order chi connectivity index (χ0) is 29.6. The van der Waals surface area contributed by atoms with Gasteiger partial charge in [0.1, 0.15) is 6.10 Å². The Morgan fingerprint density at radius 3 is 2.50 bits per heavy atom. The van der Waals surface area contributed by atoms with Crippen molar-refractivity contribution in [3.63, 3.8) is 0 Å². The fourth-order valence-electron chi connectivity index (χ4n) is 7.69. The summed E-state index contributed by atoms with van der Waals surface area (Å²) in [6, 6.07) is 5.30. The first-order chi connectivity index (χ1) is 18.5. The Labute approximate surface area is 231 Å². The van der Waals surface area contributed by atoms with Crippen molar-refractivity contribution in [2.24, 2.45) is 16.7 Å². The fraction of sp³-hybridized carbons (Fsp3) is 0.714. The smallest absolute Gasteiger partial charge is 0.393 e. The van der Waals surface area contributed by atoms with Crippen LogP contribution in [-0.4, -0.2) is 47.5 Å². The highest BCUT2D eigenvalue weighted by Crippen LogP contribution is 2.67. The van der Waals surface area contributed by atoms with Crippen molar-refractivity contribution in [1.29, 1.82) is 0 Å². The first-order valence-electron chi connectivity index (χ1n) is 13.9. The molecule has 0 aromatic heterocycles. The van der Waals surface area contributed by atoms with Gasteiger partial charge in [-0.25, -0.2) is 0 Å². The molecule has 0 spiro atoms. The molecule has 0 amide bonds. The fourth-order valence-corrected chi connectivity index (χ4v) is 8.12. The number of unbranched alkanes of at least 4 members (excludes halogenated alkanes) is 3. The Morgan fingerprint density at radius 2 is 1.82 bits per heavy atom. The second kappa shape index (κ2) is 11.1. The quantitative estimate of drug-likeness (QED) is 0.106. The third kappa shape index (κ3) is 5.91. The van der Waals surface area contributed by atoms with Crippen molar-refractivity contribution in [3.8, 4) is 0 Å². The molecular weight excluding hydrogens is 557 g/mol. The van der Waals surface area contributed by atoms with Crippen molar-refractivity contribution in [2.45, 2.75) is 108 Å². The molecule has 3 aliphatic carbocycles. The van der Waals surface area contributed by atoms with Crippen LogP contribution in [0.4, 0.5) is 27.6 Å². The number of aliphatic hydroxyl groups excluding tert-OH is 2. The zero-order valence-electron chi connectivity index (χ0n) is 22.4. The highest BCUT2D eigenvalue weighted by molar-refractivity contribution is 7.87. The van der Waals surface area contributed by atoms with E-state index in [9.17, 15) is 40.6 Å². The standard InChI is InChI=1S/C28H38F5NO5S/c1-25-15-13-21-20-9-8-19(34-40(37,38)39)17-18(20)12-16-26(21,22(25)10-11-23(25)35)14-6-4-2-3-5-7-24(36)27(29,30)28(31,32)33/h6,8-9,14,17,21-24,34-36H,2-5,7,10-13,15-16H2,1H3,(H,37,38,39)/t21?,22?,23-,24+,25-,26?/m0/s1. The van der Waals surface area contributed by atoms with Gasteiger partial charge in [-0.3, -0.25) is 9.27 Å². The van der Waals surface area contributed by atoms with E-state index in [4.69, 9.17) is 4.55 Å². The number of anilines is 1. The SMILES string of the molecule is C[C@]12CCC3c4ccc(NS(=O)(=O)O)cc4CCC3(C=CCCCCC[C@@H](O)C(F)(F)C(F)(F)F)C1CC[C@@H]2O. The minimum atomic E-state index is -5.78. The van der Waals surface area contributed by atoms with Crippen molar-refractivity contribution in [1.82, 2.24) is 0 Å². The number of nitrogens with one attached hydrogen (secondary N) is 1. The lowest BCUT2D eigenvalue weighted by atomic mass is 9.47. The molecule has 0 radical (unpaired) electrons. The number of allylic oxidation sites excluding steroid dienone is 2. The molecule has 6 nitrogen and oxygen atoms in total. The summed E-state index contributed by atoms with van der Waals surface area (Å²) >= 11 is 0. The molecule has 4 rings (SSSR count). The topological polar surface area (TPSA) is 107 Å². The Balaban J connectivity index is 1.46. The molecule has 0 bridgehead atoms. The van der Waals surface area contributed by atoms with E-state index in [0.29, 0.717) is 31.4 Å². The number of aliphatic hydroxyl groups is 2. The van der Waals surface area contributed by atoms with Crippen LogP contribution in [0.15, 0.2) is 30.4 Å². The van der Waals surface area contributed by atoms with E-state index >= 15 is 0 Å². The van der Waals surface area contributed by atoms with Gasteiger partial charge in [-0.15, -0.1) is 0 Å². The molecule has 2 fully saturated rings. The van der Waals surface area contributed by atoms with Gasteiger partial charge in [-0.05, 0) is 104 Å². The first kappa shape index (κ1) is 31.2. The molecule has 0 aliphatic heterocycles. The predicted molar refractivity (Wildman–Crippen MR) is 140 cm³/mol. The van der Waals surface area contributed by atoms with Crippen molar-refractivity contribution >= 4 is 16.0 Å². The van der Waals surface area contributed by atoms with Gasteiger partial charge in [-0.1, -0.05) is 38.0 Å². The Morgan fingerprint density at radius 1 is 1.10 bits per heavy atom. The van der Waals surface area contributed by atoms with E-state index in [0.717, 1.165) is 43.2 Å². The molecule has 0 heterocycles. The maximum Gasteiger partial charge on any atom is 0.456 e. The minimum absolute atomic E-state index is 0.0502. The van der Waals surface area contributed by atoms with Crippen LogP contribution in [0.3, 0.4) is 0 Å². The van der Waals surface area contributed by atoms with Gasteiger partial charge in [0.05, 0.1) is 11.8 Å². The number of rotatable bonds is 10. The summed E-state index contributed by atoms with van der Waals surface area (Å²) in [5.41, 5.74) is 1.96. The van der Waals surface area contributed by atoms with Crippen molar-refractivity contribution < 1.29 is 45.1 Å². The van der Waals surface area contributed by atoms with Gasteiger partial charge in [0.25, 0.3) is 0 Å². The lowest BCUT2D eigenvalue weighted by Gasteiger charge is -2.57. The third-order valence-electron chi connectivity index (χ3n) is 9.72. The highest BCUT2D eigenvalue weighted by Gasteiger charge is 2.62. The van der Waals surface area contributed by atoms with Crippen LogP contribution in [0.2, 0.25) is 0 Å². The molecule has 12 heteroatoms. The van der Waals surface area contributed by atoms with Crippen LogP contribution in [0.1, 0.15) is 88.2 Å². The maximum atomic E-state index is 13.2. The normalized spacial score (nSPS) is 31.5. The second-order valence-corrected chi connectivity index (χ2v) is 13.2. The Bertz CT molecular complexity index is 1210. The van der Waals surface area contributed by atoms with Crippen LogP contribution in [0.25, 0.3) is 0 Å². The summed E-state index contributed by atoms with van der Waals surface area (Å²) in [5.74, 6) is -4.75. The summed E-state index contributed by atoms with van der Waals surface area (Å²) in [6.45, 7) is 2.15. The molecule has 3 unspecified atom stereocenters. The lowest BCUT2D eigenvalue weighted by Crippen LogP contribution is -2.50. The van der Waals surface area contributed by atoms with E-state index in [2.05, 4.69) is 23.8 Å².